The van der Waals surface area contributed by atoms with Crippen molar-refractivity contribution in [2.45, 2.75) is 79.5 Å². The zero-order valence-electron chi connectivity index (χ0n) is 17.1. The molecule has 38 heavy (non-hydrogen) atoms. The Hall–Kier alpha value is -1.37. The summed E-state index contributed by atoms with van der Waals surface area (Å²) < 4.78 is 281. The minimum Gasteiger partial charge on any atom is -0.263 e. The van der Waals surface area contributed by atoms with Crippen molar-refractivity contribution in [1.29, 1.82) is 0 Å². The maximum Gasteiger partial charge on any atom is 0.426 e. The van der Waals surface area contributed by atoms with Gasteiger partial charge in [0.2, 0.25) is 18.5 Å². The van der Waals surface area contributed by atoms with E-state index in [1.807, 2.05) is 0 Å². The third-order valence-corrected chi connectivity index (χ3v) is 4.42. The van der Waals surface area contributed by atoms with Gasteiger partial charge >= 0.3 is 36.1 Å². The second-order valence-electron chi connectivity index (χ2n) is 6.80. The van der Waals surface area contributed by atoms with Crippen LogP contribution in [-0.2, 0) is 14.2 Å². The fourth-order valence-electron chi connectivity index (χ4n) is 1.92. The zero-order valence-corrected chi connectivity index (χ0v) is 19.1. The smallest absolute Gasteiger partial charge is 0.263 e. The Morgan fingerprint density at radius 3 is 0.658 bits per heavy atom. The van der Waals surface area contributed by atoms with Crippen molar-refractivity contribution in [1.82, 2.24) is 0 Å². The third-order valence-electron chi connectivity index (χ3n) is 3.81. The molecule has 0 aliphatic carbocycles. The number of rotatable bonds is 15. The summed E-state index contributed by atoms with van der Waals surface area (Å²) in [4.78, 5) is 0. The highest BCUT2D eigenvalue weighted by Gasteiger charge is 2.75. The molecule has 230 valence electrons. The van der Waals surface area contributed by atoms with Crippen LogP contribution < -0.4 is 0 Å². The van der Waals surface area contributed by atoms with Crippen LogP contribution in [0.1, 0.15) is 0 Å². The summed E-state index contributed by atoms with van der Waals surface area (Å²) in [5.74, 6) is -21.3. The average Bonchev–Trinajstić information content (AvgIpc) is 2.69. The van der Waals surface area contributed by atoms with Crippen LogP contribution in [0.3, 0.4) is 0 Å². The Labute approximate surface area is 197 Å². The van der Waals surface area contributed by atoms with Crippen molar-refractivity contribution in [2.24, 2.45) is 0 Å². The molecule has 0 saturated heterocycles. The fourth-order valence-corrected chi connectivity index (χ4v) is 2.69. The summed E-state index contributed by atoms with van der Waals surface area (Å²) in [6.45, 7) is 0. The summed E-state index contributed by atoms with van der Waals surface area (Å²) in [7, 11) is -2.80. The molecule has 0 fully saturated rings. The number of ether oxygens (including phenoxy) is 3. The van der Waals surface area contributed by atoms with E-state index in [9.17, 15) is 92.2 Å². The van der Waals surface area contributed by atoms with Crippen LogP contribution >= 0.6 is 0 Å². The molecular weight excluding hydrogens is 631 g/mol. The Bertz CT molecular complexity index is 678. The van der Waals surface area contributed by atoms with E-state index in [4.69, 9.17) is 0 Å². The quantitative estimate of drug-likeness (QED) is 0.134. The first kappa shape index (κ1) is 36.6. The molecule has 25 heteroatoms. The second-order valence-corrected chi connectivity index (χ2v) is 8.02. The first-order valence-corrected chi connectivity index (χ1v) is 9.57. The zero-order chi connectivity index (χ0) is 31.1. The SMILES string of the molecule is FC(F)C(F)C(F)(F)C(F)(F)OC([SiH3])(OC(F)(F)C(F)(F)C(F)C(F)F)OC(F)(F)C(F)(F)C(F)C(F)F. The van der Waals surface area contributed by atoms with Gasteiger partial charge in [-0.05, 0) is 0 Å². The largest absolute Gasteiger partial charge is 0.426 e. The van der Waals surface area contributed by atoms with Crippen LogP contribution in [0.25, 0.3) is 0 Å². The van der Waals surface area contributed by atoms with Crippen molar-refractivity contribution < 1.29 is 106 Å². The first-order chi connectivity index (χ1) is 16.4. The van der Waals surface area contributed by atoms with Gasteiger partial charge in [-0.25, -0.2) is 39.5 Å². The van der Waals surface area contributed by atoms with Gasteiger partial charge in [-0.3, -0.25) is 14.2 Å². The summed E-state index contributed by atoms with van der Waals surface area (Å²) in [6, 6.07) is 0. The molecule has 0 amide bonds. The maximum absolute atomic E-state index is 13.7. The summed E-state index contributed by atoms with van der Waals surface area (Å²) >= 11 is 0. The van der Waals surface area contributed by atoms with Crippen molar-refractivity contribution in [3.8, 4) is 0 Å². The fraction of sp³-hybridized carbons (Fsp3) is 1.00. The maximum atomic E-state index is 13.7. The molecule has 0 aliphatic rings. The van der Waals surface area contributed by atoms with Crippen LogP contribution in [0.5, 0.6) is 0 Å². The normalized spacial score (nSPS) is 19.3. The Kier molecular flexibility index (Phi) is 10.8. The molecule has 3 nitrogen and oxygen atoms in total. The Morgan fingerprint density at radius 1 is 0.368 bits per heavy atom. The van der Waals surface area contributed by atoms with Crippen molar-refractivity contribution >= 4 is 10.2 Å². The lowest BCUT2D eigenvalue weighted by atomic mass is 10.2. The van der Waals surface area contributed by atoms with Crippen molar-refractivity contribution in [3.05, 3.63) is 0 Å². The van der Waals surface area contributed by atoms with Gasteiger partial charge in [0.1, 0.15) is 10.2 Å². The molecule has 0 N–H and O–H groups in total. The molecule has 3 unspecified atom stereocenters. The minimum absolute atomic E-state index is 2.32. The van der Waals surface area contributed by atoms with E-state index >= 15 is 0 Å². The van der Waals surface area contributed by atoms with E-state index < -0.39 is 89.7 Å². The van der Waals surface area contributed by atoms with Crippen molar-refractivity contribution in [2.75, 3.05) is 0 Å². The lowest BCUT2D eigenvalue weighted by Crippen LogP contribution is -2.65. The monoisotopic (exact) mass is 640 g/mol. The molecule has 0 rings (SSSR count). The van der Waals surface area contributed by atoms with E-state index in [0.717, 1.165) is 0 Å². The van der Waals surface area contributed by atoms with E-state index in [-0.39, 0.29) is 0 Å². The Balaban J connectivity index is 6.88. The van der Waals surface area contributed by atoms with E-state index in [1.54, 1.807) is 0 Å². The second kappa shape index (κ2) is 11.2. The van der Waals surface area contributed by atoms with Gasteiger partial charge in [0.25, 0.3) is 24.9 Å². The Morgan fingerprint density at radius 2 is 0.526 bits per heavy atom. The van der Waals surface area contributed by atoms with Crippen LogP contribution in [0.4, 0.5) is 92.2 Å². The van der Waals surface area contributed by atoms with Crippen LogP contribution in [0.15, 0.2) is 0 Å². The van der Waals surface area contributed by atoms with Gasteiger partial charge in [-0.1, -0.05) is 0 Å². The van der Waals surface area contributed by atoms with Gasteiger partial charge in [0, 0.05) is 0 Å². The van der Waals surface area contributed by atoms with Crippen LogP contribution in [-0.4, -0.2) is 89.7 Å². The highest BCUT2D eigenvalue weighted by atomic mass is 28.1. The van der Waals surface area contributed by atoms with Crippen molar-refractivity contribution in [3.63, 3.8) is 0 Å². The molecule has 0 heterocycles. The molecule has 0 aliphatic heterocycles. The highest BCUT2D eigenvalue weighted by molar-refractivity contribution is 6.12. The average molecular weight is 640 g/mol. The molecule has 0 aromatic heterocycles. The molecule has 0 aromatic carbocycles. The van der Waals surface area contributed by atoms with Gasteiger partial charge < -0.3 is 0 Å². The van der Waals surface area contributed by atoms with Crippen LogP contribution in [0, 0.1) is 0 Å². The van der Waals surface area contributed by atoms with Gasteiger partial charge in [-0.2, -0.15) is 52.7 Å². The van der Waals surface area contributed by atoms with Gasteiger partial charge in [-0.15, -0.1) is 0 Å². The molecule has 3 atom stereocenters. The summed E-state index contributed by atoms with van der Waals surface area (Å²) in [5.41, 5.74) is -6.04. The first-order valence-electron chi connectivity index (χ1n) is 8.57. The molecule has 0 aromatic rings. The predicted octanol–water partition coefficient (Wildman–Crippen LogP) is 5.51. The lowest BCUT2D eigenvalue weighted by molar-refractivity contribution is -0.553. The third kappa shape index (κ3) is 7.22. The number of alkyl halides is 21. The lowest BCUT2D eigenvalue weighted by Gasteiger charge is -2.42. The molecule has 0 spiro atoms. The number of hydrogen-bond acceptors (Lipinski definition) is 3. The van der Waals surface area contributed by atoms with Crippen LogP contribution in [0.2, 0.25) is 0 Å². The predicted molar refractivity (Wildman–Crippen MR) is 78.3 cm³/mol. The van der Waals surface area contributed by atoms with E-state index in [2.05, 4.69) is 14.2 Å². The van der Waals surface area contributed by atoms with E-state index in [1.165, 1.54) is 0 Å². The highest BCUT2D eigenvalue weighted by Crippen LogP contribution is 2.50. The molecule has 0 saturated carbocycles. The topological polar surface area (TPSA) is 27.7 Å². The van der Waals surface area contributed by atoms with Gasteiger partial charge in [0.15, 0.2) is 0 Å². The minimum atomic E-state index is -7.31. The summed E-state index contributed by atoms with van der Waals surface area (Å²) in [6.07, 6.45) is -53.7. The number of hydrogen-bond donors (Lipinski definition) is 0. The summed E-state index contributed by atoms with van der Waals surface area (Å²) in [5, 5.41) is 0. The van der Waals surface area contributed by atoms with Gasteiger partial charge in [0.05, 0.1) is 0 Å². The molecule has 0 bridgehead atoms. The number of halogens is 21. The molecular formula is C13H9F21O3Si. The van der Waals surface area contributed by atoms with E-state index in [0.29, 0.717) is 0 Å². The standard InChI is InChI=1S/C13H9F21O3Si/c14-1(4(17)18)7(23,24)10(29,30)35-13(38,36-11(31,32)8(25,26)2(15)5(19)20)37-12(33,34)9(27,28)3(16)6(21)22/h1-6H,38H3. The molecule has 0 radical (unpaired) electrons.